The quantitative estimate of drug-likeness (QED) is 0.785. The molecule has 8 heteroatoms. The molecule has 1 aliphatic rings. The van der Waals surface area contributed by atoms with Gasteiger partial charge >= 0.3 is 5.97 Å². The van der Waals surface area contributed by atoms with Gasteiger partial charge in [-0.05, 0) is 46.7 Å². The molecule has 0 bridgehead atoms. The SMILES string of the molecule is COC(=O)c1c(NC(=O)c2c(Br)cnn2C)sc2c1CCC(C)C2. The third-order valence-electron chi connectivity index (χ3n) is 4.24. The highest BCUT2D eigenvalue weighted by atomic mass is 79.9. The first-order chi connectivity index (χ1) is 11.4. The molecule has 1 atom stereocenters. The van der Waals surface area contributed by atoms with Crippen LogP contribution in [0.5, 0.6) is 0 Å². The maximum Gasteiger partial charge on any atom is 0.341 e. The molecule has 128 valence electrons. The Kier molecular flexibility index (Phi) is 4.78. The van der Waals surface area contributed by atoms with Gasteiger partial charge in [-0.15, -0.1) is 11.3 Å². The van der Waals surface area contributed by atoms with Gasteiger partial charge in [-0.1, -0.05) is 6.92 Å². The molecule has 0 saturated carbocycles. The molecular weight excluding hydrogens is 394 g/mol. The average molecular weight is 412 g/mol. The predicted octanol–water partition coefficient (Wildman–Crippen LogP) is 3.41. The number of nitrogens with one attached hydrogen (secondary N) is 1. The lowest BCUT2D eigenvalue weighted by Gasteiger charge is -2.18. The Labute approximate surface area is 152 Å². The number of esters is 1. The summed E-state index contributed by atoms with van der Waals surface area (Å²) in [7, 11) is 3.06. The van der Waals surface area contributed by atoms with Gasteiger partial charge in [-0.3, -0.25) is 9.48 Å². The predicted molar refractivity (Wildman–Crippen MR) is 95.7 cm³/mol. The minimum Gasteiger partial charge on any atom is -0.465 e. The van der Waals surface area contributed by atoms with Crippen LogP contribution in [0.15, 0.2) is 10.7 Å². The number of methoxy groups -OCH3 is 1. The number of rotatable bonds is 3. The molecule has 0 aliphatic heterocycles. The number of hydrogen-bond donors (Lipinski definition) is 1. The molecular formula is C16H18BrN3O3S. The zero-order valence-corrected chi connectivity index (χ0v) is 16.1. The van der Waals surface area contributed by atoms with E-state index in [4.69, 9.17) is 4.74 Å². The number of aromatic nitrogens is 2. The largest absolute Gasteiger partial charge is 0.465 e. The van der Waals surface area contributed by atoms with E-state index in [1.54, 1.807) is 13.2 Å². The Morgan fingerprint density at radius 2 is 2.25 bits per heavy atom. The van der Waals surface area contributed by atoms with Gasteiger partial charge in [0.1, 0.15) is 10.7 Å². The maximum atomic E-state index is 12.6. The third kappa shape index (κ3) is 3.00. The van der Waals surface area contributed by atoms with Crippen LogP contribution >= 0.6 is 27.3 Å². The number of nitrogens with zero attached hydrogens (tertiary/aromatic N) is 2. The Morgan fingerprint density at radius 3 is 2.88 bits per heavy atom. The number of aryl methyl sites for hydroxylation is 1. The molecule has 2 heterocycles. The zero-order chi connectivity index (χ0) is 17.4. The molecule has 1 unspecified atom stereocenters. The van der Waals surface area contributed by atoms with E-state index < -0.39 is 5.97 Å². The van der Waals surface area contributed by atoms with Crippen molar-refractivity contribution >= 4 is 44.1 Å². The second-order valence-electron chi connectivity index (χ2n) is 5.97. The van der Waals surface area contributed by atoms with Gasteiger partial charge in [0.25, 0.3) is 5.91 Å². The van der Waals surface area contributed by atoms with Gasteiger partial charge in [0.15, 0.2) is 0 Å². The summed E-state index contributed by atoms with van der Waals surface area (Å²) < 4.78 is 7.04. The first-order valence-electron chi connectivity index (χ1n) is 7.64. The van der Waals surface area contributed by atoms with Gasteiger partial charge in [-0.2, -0.15) is 5.10 Å². The highest BCUT2D eigenvalue weighted by Gasteiger charge is 2.29. The fourth-order valence-electron chi connectivity index (χ4n) is 2.99. The number of anilines is 1. The summed E-state index contributed by atoms with van der Waals surface area (Å²) in [4.78, 5) is 26.0. The number of amides is 1. The van der Waals surface area contributed by atoms with E-state index in [0.29, 0.717) is 26.6 Å². The van der Waals surface area contributed by atoms with Crippen molar-refractivity contribution in [3.63, 3.8) is 0 Å². The number of hydrogen-bond acceptors (Lipinski definition) is 5. The number of halogens is 1. The third-order valence-corrected chi connectivity index (χ3v) is 5.99. The van der Waals surface area contributed by atoms with Crippen molar-refractivity contribution in [2.75, 3.05) is 12.4 Å². The van der Waals surface area contributed by atoms with Crippen molar-refractivity contribution in [2.24, 2.45) is 13.0 Å². The number of carbonyl (C=O) groups is 2. The Bertz CT molecular complexity index is 792. The lowest BCUT2D eigenvalue weighted by molar-refractivity contribution is 0.0601. The molecule has 0 spiro atoms. The molecule has 1 aliphatic carbocycles. The van der Waals surface area contributed by atoms with Gasteiger partial charge in [-0.25, -0.2) is 4.79 Å². The van der Waals surface area contributed by atoms with Gasteiger partial charge in [0.05, 0.1) is 23.3 Å². The van der Waals surface area contributed by atoms with Crippen LogP contribution in [0.2, 0.25) is 0 Å². The summed E-state index contributed by atoms with van der Waals surface area (Å²) in [5.74, 6) is -0.128. The summed E-state index contributed by atoms with van der Waals surface area (Å²) in [5, 5.41) is 7.47. The van der Waals surface area contributed by atoms with Crippen LogP contribution in [-0.2, 0) is 24.6 Å². The summed E-state index contributed by atoms with van der Waals surface area (Å²) in [6.07, 6.45) is 4.36. The lowest BCUT2D eigenvalue weighted by atomic mass is 9.88. The molecule has 0 aromatic carbocycles. The van der Waals surface area contributed by atoms with Crippen LogP contribution in [0, 0.1) is 5.92 Å². The van der Waals surface area contributed by atoms with E-state index in [0.717, 1.165) is 29.7 Å². The summed E-state index contributed by atoms with van der Waals surface area (Å²) >= 11 is 4.79. The maximum absolute atomic E-state index is 12.6. The fraction of sp³-hybridized carbons (Fsp3) is 0.438. The molecule has 1 amide bonds. The topological polar surface area (TPSA) is 73.2 Å². The summed E-state index contributed by atoms with van der Waals surface area (Å²) in [6, 6.07) is 0. The highest BCUT2D eigenvalue weighted by molar-refractivity contribution is 9.10. The average Bonchev–Trinajstić information content (AvgIpc) is 3.05. The van der Waals surface area contributed by atoms with Crippen molar-refractivity contribution in [3.05, 3.63) is 32.4 Å². The minimum absolute atomic E-state index is 0.307. The van der Waals surface area contributed by atoms with Gasteiger partial charge in [0, 0.05) is 11.9 Å². The van der Waals surface area contributed by atoms with Crippen LogP contribution in [0.3, 0.4) is 0 Å². The molecule has 0 saturated heterocycles. The lowest BCUT2D eigenvalue weighted by Crippen LogP contribution is -2.18. The molecule has 0 fully saturated rings. The fourth-order valence-corrected chi connectivity index (χ4v) is 4.91. The van der Waals surface area contributed by atoms with E-state index in [2.05, 4.69) is 33.3 Å². The Morgan fingerprint density at radius 1 is 1.50 bits per heavy atom. The van der Waals surface area contributed by atoms with E-state index >= 15 is 0 Å². The number of thiophene rings is 1. The van der Waals surface area contributed by atoms with Gasteiger partial charge in [0.2, 0.25) is 0 Å². The number of carbonyl (C=O) groups excluding carboxylic acids is 2. The van der Waals surface area contributed by atoms with Crippen LogP contribution in [-0.4, -0.2) is 28.8 Å². The Hall–Kier alpha value is -1.67. The van der Waals surface area contributed by atoms with Gasteiger partial charge < -0.3 is 10.1 Å². The van der Waals surface area contributed by atoms with Crippen LogP contribution in [0.4, 0.5) is 5.00 Å². The van der Waals surface area contributed by atoms with Crippen LogP contribution in [0.1, 0.15) is 44.6 Å². The molecule has 0 radical (unpaired) electrons. The summed E-state index contributed by atoms with van der Waals surface area (Å²) in [6.45, 7) is 2.20. The van der Waals surface area contributed by atoms with Crippen LogP contribution in [0.25, 0.3) is 0 Å². The van der Waals surface area contributed by atoms with E-state index in [1.165, 1.54) is 23.1 Å². The molecule has 3 rings (SSSR count). The molecule has 2 aromatic heterocycles. The summed E-state index contributed by atoms with van der Waals surface area (Å²) in [5.41, 5.74) is 1.92. The first-order valence-corrected chi connectivity index (χ1v) is 9.25. The first kappa shape index (κ1) is 17.2. The van der Waals surface area contributed by atoms with Crippen molar-refractivity contribution < 1.29 is 14.3 Å². The number of ether oxygens (including phenoxy) is 1. The Balaban J connectivity index is 1.98. The normalized spacial score (nSPS) is 16.6. The monoisotopic (exact) mass is 411 g/mol. The van der Waals surface area contributed by atoms with Crippen molar-refractivity contribution in [3.8, 4) is 0 Å². The second-order valence-corrected chi connectivity index (χ2v) is 7.93. The number of fused-ring (bicyclic) bond motifs is 1. The highest BCUT2D eigenvalue weighted by Crippen LogP contribution is 2.40. The van der Waals surface area contributed by atoms with E-state index in [9.17, 15) is 9.59 Å². The molecule has 6 nitrogen and oxygen atoms in total. The van der Waals surface area contributed by atoms with Crippen molar-refractivity contribution in [1.29, 1.82) is 0 Å². The second kappa shape index (κ2) is 6.68. The van der Waals surface area contributed by atoms with Crippen molar-refractivity contribution in [2.45, 2.75) is 26.2 Å². The molecule has 24 heavy (non-hydrogen) atoms. The minimum atomic E-state index is -0.401. The van der Waals surface area contributed by atoms with Crippen molar-refractivity contribution in [1.82, 2.24) is 9.78 Å². The molecule has 2 aromatic rings. The zero-order valence-electron chi connectivity index (χ0n) is 13.7. The standard InChI is InChI=1S/C16H18BrN3O3S/c1-8-4-5-9-11(6-8)24-15(12(9)16(22)23-3)19-14(21)13-10(17)7-18-20(13)2/h7-8H,4-6H2,1-3H3,(H,19,21). The smallest absolute Gasteiger partial charge is 0.341 e. The van der Waals surface area contributed by atoms with E-state index in [1.807, 2.05) is 0 Å². The van der Waals surface area contributed by atoms with Crippen LogP contribution < -0.4 is 5.32 Å². The molecule has 1 N–H and O–H groups in total. The van der Waals surface area contributed by atoms with E-state index in [-0.39, 0.29) is 5.91 Å².